The first-order valence-corrected chi connectivity index (χ1v) is 13.7. The van der Waals surface area contributed by atoms with Gasteiger partial charge in [0.05, 0.1) is 5.92 Å². The van der Waals surface area contributed by atoms with Crippen molar-refractivity contribution in [1.29, 1.82) is 0 Å². The van der Waals surface area contributed by atoms with Gasteiger partial charge in [-0.05, 0) is 69.0 Å². The van der Waals surface area contributed by atoms with Crippen LogP contribution in [0.4, 0.5) is 10.8 Å². The van der Waals surface area contributed by atoms with Gasteiger partial charge in [0.25, 0.3) is 0 Å². The summed E-state index contributed by atoms with van der Waals surface area (Å²) in [5.41, 5.74) is 4.99. The molecule has 0 spiro atoms. The number of nitrogens with one attached hydrogen (secondary N) is 1. The standard InChI is InChI=1S/C27H36N6OS/c1-20-8-9-21(2)24(18-20)32-16-14-31(15-17-32)12-5-11-28-25(34)22-6-4-13-33(19-22)27-30-23-7-3-10-29-26(23)35-27/h3,7-10,18,22H,4-6,11-17,19H2,1-2H3,(H,28,34)/t22-/m1/s1. The number of anilines is 2. The number of carbonyl (C=O) groups is 1. The molecule has 2 aliphatic rings. The molecule has 186 valence electrons. The molecule has 0 aliphatic carbocycles. The van der Waals surface area contributed by atoms with E-state index in [4.69, 9.17) is 4.98 Å². The fourth-order valence-electron chi connectivity index (χ4n) is 5.19. The van der Waals surface area contributed by atoms with Crippen LogP contribution in [-0.4, -0.2) is 73.1 Å². The number of nitrogens with zero attached hydrogens (tertiary/aromatic N) is 5. The smallest absolute Gasteiger partial charge is 0.224 e. The normalized spacial score (nSPS) is 19.3. The third kappa shape index (κ3) is 5.76. The van der Waals surface area contributed by atoms with Crippen LogP contribution >= 0.6 is 11.3 Å². The van der Waals surface area contributed by atoms with Gasteiger partial charge in [0.15, 0.2) is 5.13 Å². The highest BCUT2D eigenvalue weighted by atomic mass is 32.1. The number of piperidine rings is 1. The molecule has 5 rings (SSSR count). The average molecular weight is 493 g/mol. The van der Waals surface area contributed by atoms with Gasteiger partial charge in [-0.25, -0.2) is 9.97 Å². The molecule has 0 bridgehead atoms. The molecule has 2 saturated heterocycles. The maximum absolute atomic E-state index is 12.9. The van der Waals surface area contributed by atoms with Crippen LogP contribution in [0.3, 0.4) is 0 Å². The Morgan fingerprint density at radius 1 is 1.11 bits per heavy atom. The minimum absolute atomic E-state index is 0.0323. The number of benzene rings is 1. The SMILES string of the molecule is Cc1ccc(C)c(N2CCN(CCCNC(=O)[C@@H]3CCCN(c4nc5cccnc5s4)C3)CC2)c1. The van der Waals surface area contributed by atoms with Crippen molar-refractivity contribution in [3.8, 4) is 0 Å². The van der Waals surface area contributed by atoms with Gasteiger partial charge in [-0.2, -0.15) is 0 Å². The largest absolute Gasteiger partial charge is 0.369 e. The quantitative estimate of drug-likeness (QED) is 0.506. The molecule has 1 atom stereocenters. The third-order valence-electron chi connectivity index (χ3n) is 7.25. The van der Waals surface area contributed by atoms with Gasteiger partial charge in [0.2, 0.25) is 5.91 Å². The topological polar surface area (TPSA) is 64.6 Å². The number of thiazole rings is 1. The first-order valence-electron chi connectivity index (χ1n) is 12.9. The van der Waals surface area contributed by atoms with Crippen LogP contribution in [0.5, 0.6) is 0 Å². The number of carbonyl (C=O) groups excluding carboxylic acids is 1. The molecule has 35 heavy (non-hydrogen) atoms. The molecule has 2 aliphatic heterocycles. The molecule has 3 aromatic rings. The lowest BCUT2D eigenvalue weighted by molar-refractivity contribution is -0.125. The molecule has 0 saturated carbocycles. The molecular weight excluding hydrogens is 456 g/mol. The van der Waals surface area contributed by atoms with E-state index >= 15 is 0 Å². The second kappa shape index (κ2) is 10.9. The predicted octanol–water partition coefficient (Wildman–Crippen LogP) is 3.85. The predicted molar refractivity (Wildman–Crippen MR) is 145 cm³/mol. The molecule has 1 aromatic carbocycles. The van der Waals surface area contributed by atoms with E-state index in [1.54, 1.807) is 11.3 Å². The number of hydrogen-bond donors (Lipinski definition) is 1. The van der Waals surface area contributed by atoms with E-state index in [9.17, 15) is 4.79 Å². The van der Waals surface area contributed by atoms with Crippen molar-refractivity contribution in [1.82, 2.24) is 20.2 Å². The van der Waals surface area contributed by atoms with Crippen LogP contribution < -0.4 is 15.1 Å². The van der Waals surface area contributed by atoms with Crippen LogP contribution in [0.15, 0.2) is 36.5 Å². The Bertz CT molecular complexity index is 1120. The molecule has 7 nitrogen and oxygen atoms in total. The Morgan fingerprint density at radius 3 is 2.80 bits per heavy atom. The number of hydrogen-bond acceptors (Lipinski definition) is 7. The van der Waals surface area contributed by atoms with E-state index in [2.05, 4.69) is 57.0 Å². The van der Waals surface area contributed by atoms with Crippen molar-refractivity contribution in [2.75, 3.05) is 62.2 Å². The number of pyridine rings is 1. The number of fused-ring (bicyclic) bond motifs is 1. The van der Waals surface area contributed by atoms with Crippen molar-refractivity contribution < 1.29 is 4.79 Å². The fraction of sp³-hybridized carbons (Fsp3) is 0.519. The Morgan fingerprint density at radius 2 is 1.97 bits per heavy atom. The molecule has 1 amide bonds. The highest BCUT2D eigenvalue weighted by Crippen LogP contribution is 2.30. The first kappa shape index (κ1) is 24.0. The van der Waals surface area contributed by atoms with Crippen LogP contribution in [0, 0.1) is 19.8 Å². The van der Waals surface area contributed by atoms with E-state index in [-0.39, 0.29) is 11.8 Å². The monoisotopic (exact) mass is 492 g/mol. The van der Waals surface area contributed by atoms with Gasteiger partial charge in [-0.3, -0.25) is 9.69 Å². The van der Waals surface area contributed by atoms with Crippen molar-refractivity contribution in [3.63, 3.8) is 0 Å². The Hall–Kier alpha value is -2.71. The lowest BCUT2D eigenvalue weighted by atomic mass is 9.97. The molecule has 0 radical (unpaired) electrons. The molecule has 2 aromatic heterocycles. The first-order chi connectivity index (χ1) is 17.1. The lowest BCUT2D eigenvalue weighted by Gasteiger charge is -2.37. The zero-order chi connectivity index (χ0) is 24.2. The minimum Gasteiger partial charge on any atom is -0.369 e. The summed E-state index contributed by atoms with van der Waals surface area (Å²) in [6, 6.07) is 10.6. The van der Waals surface area contributed by atoms with Crippen molar-refractivity contribution in [2.24, 2.45) is 5.92 Å². The summed E-state index contributed by atoms with van der Waals surface area (Å²) >= 11 is 1.62. The number of rotatable bonds is 7. The Kier molecular flexibility index (Phi) is 7.48. The minimum atomic E-state index is 0.0323. The van der Waals surface area contributed by atoms with E-state index < -0.39 is 0 Å². The van der Waals surface area contributed by atoms with Gasteiger partial charge < -0.3 is 15.1 Å². The molecule has 4 heterocycles. The van der Waals surface area contributed by atoms with E-state index in [0.717, 1.165) is 87.1 Å². The van der Waals surface area contributed by atoms with Gasteiger partial charge in [-0.15, -0.1) is 0 Å². The number of aromatic nitrogens is 2. The van der Waals surface area contributed by atoms with Gasteiger partial charge in [0, 0.05) is 57.7 Å². The number of amides is 1. The summed E-state index contributed by atoms with van der Waals surface area (Å²) in [5, 5.41) is 4.19. The van der Waals surface area contributed by atoms with E-state index in [1.807, 2.05) is 18.3 Å². The summed E-state index contributed by atoms with van der Waals surface area (Å²) in [6.45, 7) is 12.1. The average Bonchev–Trinajstić information content (AvgIpc) is 3.33. The van der Waals surface area contributed by atoms with E-state index in [1.165, 1.54) is 16.8 Å². The van der Waals surface area contributed by atoms with Gasteiger partial charge in [0.1, 0.15) is 10.3 Å². The van der Waals surface area contributed by atoms with Crippen LogP contribution in [0.1, 0.15) is 30.4 Å². The highest BCUT2D eigenvalue weighted by molar-refractivity contribution is 7.21. The number of piperazine rings is 1. The van der Waals surface area contributed by atoms with Crippen molar-refractivity contribution in [2.45, 2.75) is 33.1 Å². The zero-order valence-electron chi connectivity index (χ0n) is 20.9. The summed E-state index contributed by atoms with van der Waals surface area (Å²) in [5.74, 6) is 0.221. The van der Waals surface area contributed by atoms with Crippen molar-refractivity contribution in [3.05, 3.63) is 47.7 Å². The second-order valence-electron chi connectivity index (χ2n) is 9.87. The third-order valence-corrected chi connectivity index (χ3v) is 8.29. The van der Waals surface area contributed by atoms with Crippen LogP contribution in [0.25, 0.3) is 10.3 Å². The summed E-state index contributed by atoms with van der Waals surface area (Å²) in [7, 11) is 0. The lowest BCUT2D eigenvalue weighted by Crippen LogP contribution is -2.47. The molecule has 0 unspecified atom stereocenters. The Balaban J connectivity index is 1.03. The maximum atomic E-state index is 12.9. The molecular formula is C27H36N6OS. The maximum Gasteiger partial charge on any atom is 0.224 e. The number of aryl methyl sites for hydroxylation is 2. The molecule has 1 N–H and O–H groups in total. The van der Waals surface area contributed by atoms with Crippen LogP contribution in [0.2, 0.25) is 0 Å². The molecule has 2 fully saturated rings. The fourth-order valence-corrected chi connectivity index (χ4v) is 6.13. The van der Waals surface area contributed by atoms with Crippen molar-refractivity contribution >= 4 is 38.4 Å². The summed E-state index contributed by atoms with van der Waals surface area (Å²) < 4.78 is 0. The van der Waals surface area contributed by atoms with E-state index in [0.29, 0.717) is 0 Å². The summed E-state index contributed by atoms with van der Waals surface area (Å²) in [4.78, 5) is 30.3. The van der Waals surface area contributed by atoms with Gasteiger partial charge >= 0.3 is 0 Å². The summed E-state index contributed by atoms with van der Waals surface area (Å²) in [6.07, 6.45) is 4.77. The Labute approximate surface area is 212 Å². The second-order valence-corrected chi connectivity index (χ2v) is 10.8. The highest BCUT2D eigenvalue weighted by Gasteiger charge is 2.27. The van der Waals surface area contributed by atoms with Crippen LogP contribution in [-0.2, 0) is 4.79 Å². The zero-order valence-corrected chi connectivity index (χ0v) is 21.7. The molecule has 8 heteroatoms. The van der Waals surface area contributed by atoms with Gasteiger partial charge in [-0.1, -0.05) is 23.5 Å².